The molecule has 118 valence electrons. The molecule has 8 heteroatoms. The number of hydrogen-bond acceptors (Lipinski definition) is 4. The second kappa shape index (κ2) is 7.15. The van der Waals surface area contributed by atoms with Crippen LogP contribution in [0.15, 0.2) is 17.0 Å². The molecular weight excluding hydrogens is 333 g/mol. The van der Waals surface area contributed by atoms with Crippen molar-refractivity contribution in [3.63, 3.8) is 0 Å². The van der Waals surface area contributed by atoms with Crippen LogP contribution in [0.2, 0.25) is 10.0 Å². The predicted octanol–water partition coefficient (Wildman–Crippen LogP) is 2.34. The molecule has 0 unspecified atom stereocenters. The van der Waals surface area contributed by atoms with Gasteiger partial charge in [0.2, 0.25) is 10.0 Å². The van der Waals surface area contributed by atoms with Gasteiger partial charge in [0.15, 0.2) is 0 Å². The number of halogens is 2. The summed E-state index contributed by atoms with van der Waals surface area (Å²) in [6.07, 6.45) is 3.59. The molecule has 5 nitrogen and oxygen atoms in total. The van der Waals surface area contributed by atoms with Gasteiger partial charge in [-0.2, -0.15) is 0 Å². The molecule has 0 bridgehead atoms. The van der Waals surface area contributed by atoms with Crippen LogP contribution in [0.1, 0.15) is 19.3 Å². The van der Waals surface area contributed by atoms with Crippen LogP contribution in [0.5, 0.6) is 0 Å². The summed E-state index contributed by atoms with van der Waals surface area (Å²) < 4.78 is 27.1. The number of likely N-dealkylation sites (tertiary alicyclic amines) is 1. The first kappa shape index (κ1) is 16.8. The molecule has 1 aromatic carbocycles. The number of nitrogen functional groups attached to an aromatic ring is 1. The Morgan fingerprint density at radius 2 is 1.71 bits per heavy atom. The van der Waals surface area contributed by atoms with Crippen molar-refractivity contribution in [3.8, 4) is 0 Å². The highest BCUT2D eigenvalue weighted by Gasteiger charge is 2.22. The summed E-state index contributed by atoms with van der Waals surface area (Å²) in [5.74, 6) is 0. The Bertz CT molecular complexity index is 578. The van der Waals surface area contributed by atoms with Gasteiger partial charge in [0.05, 0.1) is 10.0 Å². The standard InChI is InChI=1S/C13H19Cl2N3O2S/c14-11-8-10(16)9-12(15)13(11)21(19,20)17-4-7-18-5-2-1-3-6-18/h8-9,17H,1-7,16H2. The number of hydrogen-bond donors (Lipinski definition) is 2. The Kier molecular flexibility index (Phi) is 5.73. The highest BCUT2D eigenvalue weighted by Crippen LogP contribution is 2.31. The lowest BCUT2D eigenvalue weighted by Crippen LogP contribution is -2.37. The summed E-state index contributed by atoms with van der Waals surface area (Å²) in [4.78, 5) is 2.14. The predicted molar refractivity (Wildman–Crippen MR) is 86.4 cm³/mol. The lowest BCUT2D eigenvalue weighted by molar-refractivity contribution is 0.233. The SMILES string of the molecule is Nc1cc(Cl)c(S(=O)(=O)NCCN2CCCCC2)c(Cl)c1. The first-order valence-electron chi connectivity index (χ1n) is 6.87. The van der Waals surface area contributed by atoms with Gasteiger partial charge in [0.1, 0.15) is 4.90 Å². The van der Waals surface area contributed by atoms with Gasteiger partial charge in [0, 0.05) is 18.8 Å². The van der Waals surface area contributed by atoms with Crippen molar-refractivity contribution in [2.24, 2.45) is 0 Å². The summed E-state index contributed by atoms with van der Waals surface area (Å²) in [6.45, 7) is 3.05. The largest absolute Gasteiger partial charge is 0.399 e. The van der Waals surface area contributed by atoms with Crippen LogP contribution in [0.4, 0.5) is 5.69 Å². The van der Waals surface area contributed by atoms with Gasteiger partial charge in [0.25, 0.3) is 0 Å². The Morgan fingerprint density at radius 3 is 2.29 bits per heavy atom. The third-order valence-electron chi connectivity index (χ3n) is 3.46. The van der Waals surface area contributed by atoms with Gasteiger partial charge in [-0.05, 0) is 38.1 Å². The fourth-order valence-corrected chi connectivity index (χ4v) is 4.68. The summed E-state index contributed by atoms with van der Waals surface area (Å²) in [5, 5.41) is 0.0657. The molecule has 0 aliphatic carbocycles. The molecule has 0 amide bonds. The molecule has 0 spiro atoms. The first-order valence-corrected chi connectivity index (χ1v) is 9.10. The highest BCUT2D eigenvalue weighted by atomic mass is 35.5. The molecule has 0 saturated carbocycles. The fourth-order valence-electron chi connectivity index (χ4n) is 2.43. The van der Waals surface area contributed by atoms with E-state index in [2.05, 4.69) is 9.62 Å². The van der Waals surface area contributed by atoms with Gasteiger partial charge in [-0.3, -0.25) is 0 Å². The van der Waals surface area contributed by atoms with E-state index < -0.39 is 10.0 Å². The van der Waals surface area contributed by atoms with E-state index in [0.29, 0.717) is 18.8 Å². The van der Waals surface area contributed by atoms with Gasteiger partial charge < -0.3 is 10.6 Å². The molecular formula is C13H19Cl2N3O2S. The third-order valence-corrected chi connectivity index (χ3v) is 5.84. The monoisotopic (exact) mass is 351 g/mol. The maximum Gasteiger partial charge on any atom is 0.243 e. The minimum atomic E-state index is -3.74. The zero-order valence-corrected chi connectivity index (χ0v) is 13.9. The number of rotatable bonds is 5. The van der Waals surface area contributed by atoms with Crippen molar-refractivity contribution in [3.05, 3.63) is 22.2 Å². The molecule has 0 atom stereocenters. The number of anilines is 1. The van der Waals surface area contributed by atoms with E-state index in [9.17, 15) is 8.42 Å². The Labute approximate surface area is 135 Å². The summed E-state index contributed by atoms with van der Waals surface area (Å²) in [6, 6.07) is 2.76. The van der Waals surface area contributed by atoms with Crippen LogP contribution < -0.4 is 10.5 Å². The summed E-state index contributed by atoms with van der Waals surface area (Å²) in [5.41, 5.74) is 5.91. The molecule has 0 aromatic heterocycles. The normalized spacial score (nSPS) is 17.0. The van der Waals surface area contributed by atoms with Gasteiger partial charge >= 0.3 is 0 Å². The Hall–Kier alpha value is -0.530. The number of sulfonamides is 1. The van der Waals surface area contributed by atoms with E-state index in [4.69, 9.17) is 28.9 Å². The number of nitrogens with zero attached hydrogens (tertiary/aromatic N) is 1. The summed E-state index contributed by atoms with van der Waals surface area (Å²) >= 11 is 11.9. The van der Waals surface area contributed by atoms with E-state index in [1.54, 1.807) is 0 Å². The second-order valence-corrected chi connectivity index (χ2v) is 7.63. The fraction of sp³-hybridized carbons (Fsp3) is 0.538. The van der Waals surface area contributed by atoms with Crippen molar-refractivity contribution in [2.75, 3.05) is 31.9 Å². The summed E-state index contributed by atoms with van der Waals surface area (Å²) in [7, 11) is -3.74. The lowest BCUT2D eigenvalue weighted by Gasteiger charge is -2.26. The van der Waals surface area contributed by atoms with Crippen LogP contribution in [-0.4, -0.2) is 39.5 Å². The van der Waals surface area contributed by atoms with Crippen molar-refractivity contribution in [1.82, 2.24) is 9.62 Å². The molecule has 21 heavy (non-hydrogen) atoms. The minimum absolute atomic E-state index is 0.0328. The number of piperidine rings is 1. The average molecular weight is 352 g/mol. The van der Waals surface area contributed by atoms with Crippen molar-refractivity contribution < 1.29 is 8.42 Å². The molecule has 1 heterocycles. The van der Waals surface area contributed by atoms with Crippen molar-refractivity contribution in [1.29, 1.82) is 0 Å². The van der Waals surface area contributed by atoms with Crippen LogP contribution in [0, 0.1) is 0 Å². The maximum absolute atomic E-state index is 12.3. The molecule has 1 aromatic rings. The van der Waals surface area contributed by atoms with E-state index in [1.165, 1.54) is 31.4 Å². The van der Waals surface area contributed by atoms with E-state index in [1.807, 2.05) is 0 Å². The number of nitrogens with two attached hydrogens (primary N) is 1. The molecule has 1 saturated heterocycles. The highest BCUT2D eigenvalue weighted by molar-refractivity contribution is 7.89. The number of benzene rings is 1. The van der Waals surface area contributed by atoms with Crippen LogP contribution in [-0.2, 0) is 10.0 Å². The maximum atomic E-state index is 12.3. The molecule has 1 aliphatic heterocycles. The van der Waals surface area contributed by atoms with E-state index >= 15 is 0 Å². The van der Waals surface area contributed by atoms with Gasteiger partial charge in [-0.1, -0.05) is 29.6 Å². The molecule has 3 N–H and O–H groups in total. The minimum Gasteiger partial charge on any atom is -0.399 e. The zero-order chi connectivity index (χ0) is 15.5. The van der Waals surface area contributed by atoms with Gasteiger partial charge in [-0.25, -0.2) is 13.1 Å². The average Bonchev–Trinajstić information content (AvgIpc) is 2.38. The topological polar surface area (TPSA) is 75.4 Å². The van der Waals surface area contributed by atoms with Crippen LogP contribution >= 0.6 is 23.2 Å². The third kappa shape index (κ3) is 4.47. The number of nitrogens with one attached hydrogen (secondary N) is 1. The van der Waals surface area contributed by atoms with Crippen molar-refractivity contribution in [2.45, 2.75) is 24.2 Å². The van der Waals surface area contributed by atoms with Gasteiger partial charge in [-0.15, -0.1) is 0 Å². The zero-order valence-electron chi connectivity index (χ0n) is 11.6. The first-order chi connectivity index (χ1) is 9.90. The molecule has 2 rings (SSSR count). The van der Waals surface area contributed by atoms with Crippen molar-refractivity contribution >= 4 is 38.9 Å². The quantitative estimate of drug-likeness (QED) is 0.798. The van der Waals surface area contributed by atoms with Crippen LogP contribution in [0.3, 0.4) is 0 Å². The Balaban J connectivity index is 2.01. The Morgan fingerprint density at radius 1 is 1.14 bits per heavy atom. The van der Waals surface area contributed by atoms with E-state index in [-0.39, 0.29) is 14.9 Å². The second-order valence-electron chi connectivity index (χ2n) is 5.11. The van der Waals surface area contributed by atoms with Crippen LogP contribution in [0.25, 0.3) is 0 Å². The van der Waals surface area contributed by atoms with E-state index in [0.717, 1.165) is 13.1 Å². The molecule has 1 fully saturated rings. The lowest BCUT2D eigenvalue weighted by atomic mass is 10.1. The molecule has 1 aliphatic rings. The molecule has 0 radical (unpaired) electrons. The smallest absolute Gasteiger partial charge is 0.243 e.